The van der Waals surface area contributed by atoms with E-state index in [-0.39, 0.29) is 5.78 Å². The molecule has 0 aliphatic heterocycles. The number of benzene rings is 1. The lowest BCUT2D eigenvalue weighted by atomic mass is 10.1. The van der Waals surface area contributed by atoms with Gasteiger partial charge in [0.25, 0.3) is 0 Å². The SMILES string of the molecule is CCCn1ncc(OC)c1C(=O)c1ccc(C)cc1. The van der Waals surface area contributed by atoms with Crippen molar-refractivity contribution in [3.8, 4) is 5.75 Å². The average Bonchev–Trinajstić information content (AvgIpc) is 2.82. The van der Waals surface area contributed by atoms with Gasteiger partial charge in [-0.15, -0.1) is 0 Å². The predicted molar refractivity (Wildman–Crippen MR) is 73.7 cm³/mol. The smallest absolute Gasteiger partial charge is 0.214 e. The van der Waals surface area contributed by atoms with Crippen molar-refractivity contribution < 1.29 is 9.53 Å². The van der Waals surface area contributed by atoms with Gasteiger partial charge in [-0.05, 0) is 13.3 Å². The summed E-state index contributed by atoms with van der Waals surface area (Å²) in [6.07, 6.45) is 2.51. The minimum atomic E-state index is -0.0530. The van der Waals surface area contributed by atoms with Gasteiger partial charge in [-0.25, -0.2) is 0 Å². The molecule has 0 bridgehead atoms. The van der Waals surface area contributed by atoms with Gasteiger partial charge in [-0.1, -0.05) is 36.8 Å². The Morgan fingerprint density at radius 3 is 2.58 bits per heavy atom. The number of rotatable bonds is 5. The van der Waals surface area contributed by atoms with Gasteiger partial charge in [0.05, 0.1) is 13.3 Å². The van der Waals surface area contributed by atoms with Crippen molar-refractivity contribution in [2.24, 2.45) is 0 Å². The number of ether oxygens (including phenoxy) is 1. The summed E-state index contributed by atoms with van der Waals surface area (Å²) in [5.74, 6) is 0.474. The topological polar surface area (TPSA) is 44.1 Å². The van der Waals surface area contributed by atoms with E-state index in [1.54, 1.807) is 18.0 Å². The molecule has 1 heterocycles. The van der Waals surface area contributed by atoms with E-state index in [1.165, 1.54) is 0 Å². The van der Waals surface area contributed by atoms with E-state index < -0.39 is 0 Å². The van der Waals surface area contributed by atoms with Crippen LogP contribution < -0.4 is 4.74 Å². The maximum absolute atomic E-state index is 12.6. The van der Waals surface area contributed by atoms with Crippen molar-refractivity contribution in [1.29, 1.82) is 0 Å². The monoisotopic (exact) mass is 258 g/mol. The Hall–Kier alpha value is -2.10. The number of carbonyl (C=O) groups is 1. The first-order chi connectivity index (χ1) is 9.17. The number of hydrogen-bond donors (Lipinski definition) is 0. The molecule has 100 valence electrons. The second kappa shape index (κ2) is 5.69. The molecule has 0 aliphatic rings. The second-order valence-electron chi connectivity index (χ2n) is 4.48. The number of nitrogens with zero attached hydrogens (tertiary/aromatic N) is 2. The van der Waals surface area contributed by atoms with Crippen LogP contribution in [0.4, 0.5) is 0 Å². The molecule has 0 aliphatic carbocycles. The molecular formula is C15H18N2O2. The van der Waals surface area contributed by atoms with Crippen LogP contribution in [0.1, 0.15) is 35.0 Å². The van der Waals surface area contributed by atoms with Crippen molar-refractivity contribution in [2.45, 2.75) is 26.8 Å². The molecule has 2 aromatic rings. The van der Waals surface area contributed by atoms with E-state index >= 15 is 0 Å². The quantitative estimate of drug-likeness (QED) is 0.775. The van der Waals surface area contributed by atoms with Crippen molar-refractivity contribution in [3.05, 3.63) is 47.3 Å². The first kappa shape index (κ1) is 13.3. The lowest BCUT2D eigenvalue weighted by Gasteiger charge is -2.07. The van der Waals surface area contributed by atoms with Gasteiger partial charge in [-0.2, -0.15) is 5.10 Å². The molecule has 0 amide bonds. The number of ketones is 1. The highest BCUT2D eigenvalue weighted by Crippen LogP contribution is 2.21. The Kier molecular flexibility index (Phi) is 4.00. The maximum atomic E-state index is 12.6. The van der Waals surface area contributed by atoms with Crippen molar-refractivity contribution in [3.63, 3.8) is 0 Å². The standard InChI is InChI=1S/C15H18N2O2/c1-4-9-17-14(13(19-3)10-16-17)15(18)12-7-5-11(2)6-8-12/h5-8,10H,4,9H2,1-3H3. The normalized spacial score (nSPS) is 10.5. The van der Waals surface area contributed by atoms with E-state index in [0.29, 0.717) is 23.6 Å². The van der Waals surface area contributed by atoms with Crippen molar-refractivity contribution in [2.75, 3.05) is 7.11 Å². The van der Waals surface area contributed by atoms with Gasteiger partial charge in [-0.3, -0.25) is 9.48 Å². The van der Waals surface area contributed by atoms with Gasteiger partial charge in [0.1, 0.15) is 0 Å². The third-order valence-electron chi connectivity index (χ3n) is 2.99. The molecule has 0 N–H and O–H groups in total. The lowest BCUT2D eigenvalue weighted by Crippen LogP contribution is -2.12. The molecule has 19 heavy (non-hydrogen) atoms. The highest BCUT2D eigenvalue weighted by atomic mass is 16.5. The summed E-state index contributed by atoms with van der Waals surface area (Å²) in [6.45, 7) is 4.75. The zero-order valence-corrected chi connectivity index (χ0v) is 11.5. The van der Waals surface area contributed by atoms with Crippen LogP contribution in [-0.4, -0.2) is 22.7 Å². The van der Waals surface area contributed by atoms with Crippen LogP contribution in [-0.2, 0) is 6.54 Å². The highest BCUT2D eigenvalue weighted by molar-refractivity contribution is 6.09. The van der Waals surface area contributed by atoms with Gasteiger partial charge >= 0.3 is 0 Å². The Balaban J connectivity index is 2.42. The molecule has 2 rings (SSSR count). The number of carbonyl (C=O) groups excluding carboxylic acids is 1. The molecule has 0 saturated carbocycles. The van der Waals surface area contributed by atoms with Gasteiger partial charge < -0.3 is 4.74 Å². The number of aromatic nitrogens is 2. The van der Waals surface area contributed by atoms with Crippen molar-refractivity contribution in [1.82, 2.24) is 9.78 Å². The summed E-state index contributed by atoms with van der Waals surface area (Å²) < 4.78 is 6.94. The zero-order chi connectivity index (χ0) is 13.8. The number of aryl methyl sites for hydroxylation is 2. The summed E-state index contributed by atoms with van der Waals surface area (Å²) in [7, 11) is 1.55. The molecule has 1 aromatic heterocycles. The Morgan fingerprint density at radius 2 is 2.00 bits per heavy atom. The molecular weight excluding hydrogens is 240 g/mol. The van der Waals surface area contributed by atoms with Crippen LogP contribution in [0.3, 0.4) is 0 Å². The summed E-state index contributed by atoms with van der Waals surface area (Å²) >= 11 is 0. The van der Waals surface area contributed by atoms with E-state index in [1.807, 2.05) is 38.1 Å². The minimum Gasteiger partial charge on any atom is -0.493 e. The van der Waals surface area contributed by atoms with E-state index in [0.717, 1.165) is 12.0 Å². The van der Waals surface area contributed by atoms with Crippen LogP contribution in [0.5, 0.6) is 5.75 Å². The fourth-order valence-corrected chi connectivity index (χ4v) is 1.97. The largest absolute Gasteiger partial charge is 0.493 e. The fraction of sp³-hybridized carbons (Fsp3) is 0.333. The first-order valence-electron chi connectivity index (χ1n) is 6.38. The van der Waals surface area contributed by atoms with Gasteiger partial charge in [0, 0.05) is 12.1 Å². The third-order valence-corrected chi connectivity index (χ3v) is 2.99. The van der Waals surface area contributed by atoms with Crippen LogP contribution in [0.15, 0.2) is 30.5 Å². The molecule has 0 fully saturated rings. The van der Waals surface area contributed by atoms with Crippen LogP contribution in [0.25, 0.3) is 0 Å². The molecule has 0 atom stereocenters. The molecule has 4 nitrogen and oxygen atoms in total. The molecule has 0 saturated heterocycles. The third kappa shape index (κ3) is 2.67. The van der Waals surface area contributed by atoms with Crippen molar-refractivity contribution >= 4 is 5.78 Å². The molecule has 0 spiro atoms. The molecule has 0 radical (unpaired) electrons. The lowest BCUT2D eigenvalue weighted by molar-refractivity contribution is 0.102. The summed E-state index contributed by atoms with van der Waals surface area (Å²) in [5.41, 5.74) is 2.31. The van der Waals surface area contributed by atoms with Crippen LogP contribution in [0, 0.1) is 6.92 Å². The van der Waals surface area contributed by atoms with E-state index in [9.17, 15) is 4.79 Å². The van der Waals surface area contributed by atoms with E-state index in [2.05, 4.69) is 5.10 Å². The summed E-state index contributed by atoms with van der Waals surface area (Å²) in [6, 6.07) is 7.53. The van der Waals surface area contributed by atoms with Gasteiger partial charge in [0.2, 0.25) is 5.78 Å². The van der Waals surface area contributed by atoms with Crippen LogP contribution >= 0.6 is 0 Å². The maximum Gasteiger partial charge on any atom is 0.214 e. The average molecular weight is 258 g/mol. The number of hydrogen-bond acceptors (Lipinski definition) is 3. The van der Waals surface area contributed by atoms with Crippen LogP contribution in [0.2, 0.25) is 0 Å². The summed E-state index contributed by atoms with van der Waals surface area (Å²) in [4.78, 5) is 12.6. The van der Waals surface area contributed by atoms with Gasteiger partial charge in [0.15, 0.2) is 11.4 Å². The highest BCUT2D eigenvalue weighted by Gasteiger charge is 2.20. The second-order valence-corrected chi connectivity index (χ2v) is 4.48. The minimum absolute atomic E-state index is 0.0530. The molecule has 1 aromatic carbocycles. The molecule has 4 heteroatoms. The summed E-state index contributed by atoms with van der Waals surface area (Å²) in [5, 5.41) is 4.21. The Bertz CT molecular complexity index is 570. The Morgan fingerprint density at radius 1 is 1.32 bits per heavy atom. The predicted octanol–water partition coefficient (Wildman–Crippen LogP) is 2.84. The van der Waals surface area contributed by atoms with E-state index in [4.69, 9.17) is 4.74 Å². The first-order valence-corrected chi connectivity index (χ1v) is 6.38. The Labute approximate surface area is 113 Å². The molecule has 0 unspecified atom stereocenters. The number of methoxy groups -OCH3 is 1. The zero-order valence-electron chi connectivity index (χ0n) is 11.5. The fourth-order valence-electron chi connectivity index (χ4n) is 1.97.